The minimum Gasteiger partial charge on any atom is -0.466 e. The Hall–Kier alpha value is -4.03. The molecule has 0 spiro atoms. The van der Waals surface area contributed by atoms with Crippen molar-refractivity contribution in [1.29, 1.82) is 0 Å². The van der Waals surface area contributed by atoms with E-state index >= 15 is 4.39 Å². The molecule has 3 aromatic rings. The molecule has 0 bridgehead atoms. The van der Waals surface area contributed by atoms with E-state index in [2.05, 4.69) is 5.32 Å². The van der Waals surface area contributed by atoms with Crippen LogP contribution in [-0.2, 0) is 31.7 Å². The summed E-state index contributed by atoms with van der Waals surface area (Å²) in [6.07, 6.45) is -3.97. The van der Waals surface area contributed by atoms with Gasteiger partial charge in [0.2, 0.25) is 5.91 Å². The van der Waals surface area contributed by atoms with Gasteiger partial charge in [0, 0.05) is 44.6 Å². The Morgan fingerprint density at radius 2 is 1.70 bits per heavy atom. The van der Waals surface area contributed by atoms with Gasteiger partial charge in [-0.05, 0) is 92.0 Å². The number of nitrogens with one attached hydrogen (secondary N) is 1. The number of aromatic nitrogens is 1. The second kappa shape index (κ2) is 16.3. The molecular weight excluding hydrogens is 654 g/mol. The number of nitrogens with zero attached hydrogens (tertiary/aromatic N) is 2. The third kappa shape index (κ3) is 9.19. The molecule has 8 nitrogen and oxygen atoms in total. The predicted octanol–water partition coefficient (Wildman–Crippen LogP) is 6.87. The van der Waals surface area contributed by atoms with E-state index in [1.54, 1.807) is 33.1 Å². The number of esters is 1. The van der Waals surface area contributed by atoms with Crippen LogP contribution >= 0.6 is 0 Å². The monoisotopic (exact) mass is 701 g/mol. The van der Waals surface area contributed by atoms with E-state index in [-0.39, 0.29) is 42.6 Å². The van der Waals surface area contributed by atoms with Crippen LogP contribution in [-0.4, -0.2) is 60.8 Å². The van der Waals surface area contributed by atoms with Crippen LogP contribution in [0.25, 0.3) is 11.1 Å². The summed E-state index contributed by atoms with van der Waals surface area (Å²) in [6.45, 7) is 12.3. The third-order valence-electron chi connectivity index (χ3n) is 9.18. The zero-order chi connectivity index (χ0) is 36.9. The molecule has 0 radical (unpaired) electrons. The van der Waals surface area contributed by atoms with Crippen LogP contribution in [0.15, 0.2) is 47.4 Å². The zero-order valence-electron chi connectivity index (χ0n) is 29.7. The summed E-state index contributed by atoms with van der Waals surface area (Å²) < 4.78 is 69.9. The van der Waals surface area contributed by atoms with Crippen molar-refractivity contribution in [2.75, 3.05) is 33.4 Å². The van der Waals surface area contributed by atoms with Crippen molar-refractivity contribution in [3.63, 3.8) is 0 Å². The molecule has 2 aromatic carbocycles. The number of rotatable bonds is 14. The summed E-state index contributed by atoms with van der Waals surface area (Å²) in [5.74, 6) is -2.19. The topological polar surface area (TPSA) is 89.9 Å². The number of carbonyl (C=O) groups excluding carboxylic acids is 2. The lowest BCUT2D eigenvalue weighted by Gasteiger charge is -2.38. The van der Waals surface area contributed by atoms with E-state index in [4.69, 9.17) is 9.47 Å². The lowest BCUT2D eigenvalue weighted by Crippen LogP contribution is -2.52. The normalized spacial score (nSPS) is 15.1. The molecule has 1 aromatic heterocycles. The third-order valence-corrected chi connectivity index (χ3v) is 9.18. The molecule has 1 amide bonds. The number of likely N-dealkylation sites (tertiary alicyclic amines) is 1. The highest BCUT2D eigenvalue weighted by atomic mass is 19.4. The van der Waals surface area contributed by atoms with Crippen molar-refractivity contribution in [1.82, 2.24) is 14.8 Å². The maximum absolute atomic E-state index is 16.0. The van der Waals surface area contributed by atoms with Gasteiger partial charge in [-0.3, -0.25) is 19.3 Å². The highest BCUT2D eigenvalue weighted by molar-refractivity contribution is 5.82. The van der Waals surface area contributed by atoms with Gasteiger partial charge in [0.1, 0.15) is 11.9 Å². The van der Waals surface area contributed by atoms with E-state index in [9.17, 15) is 27.6 Å². The Bertz CT molecular complexity index is 1730. The van der Waals surface area contributed by atoms with Crippen molar-refractivity contribution >= 4 is 11.9 Å². The summed E-state index contributed by atoms with van der Waals surface area (Å²) in [6, 6.07) is 7.18. The Kier molecular flexibility index (Phi) is 12.7. The molecule has 0 aliphatic carbocycles. The summed E-state index contributed by atoms with van der Waals surface area (Å²) in [5.41, 5.74) is 1.67. The van der Waals surface area contributed by atoms with Crippen molar-refractivity contribution in [3.05, 3.63) is 92.1 Å². The van der Waals surface area contributed by atoms with Crippen LogP contribution in [0.4, 0.5) is 17.6 Å². The molecular formula is C38H47F4N3O5. The summed E-state index contributed by atoms with van der Waals surface area (Å²) in [7, 11) is 1.58. The van der Waals surface area contributed by atoms with Crippen LogP contribution < -0.4 is 10.9 Å². The van der Waals surface area contributed by atoms with Gasteiger partial charge in [0.05, 0.1) is 30.7 Å². The van der Waals surface area contributed by atoms with Crippen LogP contribution in [0.5, 0.6) is 0 Å². The number of aryl methyl sites for hydroxylation is 3. The minimum atomic E-state index is -4.78. The van der Waals surface area contributed by atoms with E-state index in [1.807, 2.05) is 50.8 Å². The minimum absolute atomic E-state index is 0.0113. The van der Waals surface area contributed by atoms with Gasteiger partial charge >= 0.3 is 12.1 Å². The number of pyridine rings is 1. The molecule has 1 N–H and O–H groups in total. The van der Waals surface area contributed by atoms with Crippen LogP contribution in [0.1, 0.15) is 79.1 Å². The molecule has 272 valence electrons. The van der Waals surface area contributed by atoms with Gasteiger partial charge in [-0.25, -0.2) is 4.39 Å². The maximum Gasteiger partial charge on any atom is 0.416 e. The Balaban J connectivity index is 1.77. The fourth-order valence-corrected chi connectivity index (χ4v) is 6.58. The molecule has 1 saturated heterocycles. The lowest BCUT2D eigenvalue weighted by molar-refractivity contribution is -0.144. The van der Waals surface area contributed by atoms with Crippen molar-refractivity contribution in [2.24, 2.45) is 5.92 Å². The number of benzene rings is 2. The summed E-state index contributed by atoms with van der Waals surface area (Å²) >= 11 is 0. The molecule has 4 rings (SSSR count). The first-order valence-electron chi connectivity index (χ1n) is 16.9. The number of ether oxygens (including phenoxy) is 2. The number of carbonyl (C=O) groups is 2. The highest BCUT2D eigenvalue weighted by Gasteiger charge is 2.37. The fourth-order valence-electron chi connectivity index (χ4n) is 6.58. The van der Waals surface area contributed by atoms with Crippen molar-refractivity contribution in [2.45, 2.75) is 85.2 Å². The molecule has 2 heterocycles. The average molecular weight is 702 g/mol. The van der Waals surface area contributed by atoms with Gasteiger partial charge in [0.15, 0.2) is 0 Å². The number of hydrogen-bond donors (Lipinski definition) is 1. The molecule has 12 heteroatoms. The second-order valence-corrected chi connectivity index (χ2v) is 13.5. The number of methoxy groups -OCH3 is 1. The molecule has 1 aliphatic heterocycles. The SMILES string of the molecule is CCOC(=O)C[C@H](NC(=O)C(CC(C)C)n1cc(CCN2CC(OC)C2)c(C(F)(F)F)cc1=O)c1cc(-c2c(C)cccc2C)cc(C)c1F. The van der Waals surface area contributed by atoms with Crippen molar-refractivity contribution < 1.29 is 36.6 Å². The van der Waals surface area contributed by atoms with E-state index in [0.717, 1.165) is 27.5 Å². The largest absolute Gasteiger partial charge is 0.466 e. The van der Waals surface area contributed by atoms with Crippen LogP contribution in [0, 0.1) is 32.5 Å². The Morgan fingerprint density at radius 1 is 1.04 bits per heavy atom. The zero-order valence-corrected chi connectivity index (χ0v) is 29.7. The molecule has 1 unspecified atom stereocenters. The van der Waals surface area contributed by atoms with E-state index in [1.165, 1.54) is 0 Å². The smallest absolute Gasteiger partial charge is 0.416 e. The quantitative estimate of drug-likeness (QED) is 0.146. The van der Waals surface area contributed by atoms with Gasteiger partial charge in [-0.1, -0.05) is 32.0 Å². The standard InChI is InChI=1S/C38H47F4N3O5/c1-8-50-34(47)18-31(29-16-27(15-25(6)36(29)39)35-23(4)10-9-11-24(35)5)43-37(48)32(14-22(2)3)45-19-26(12-13-44-20-28(21-44)49-7)30(17-33(45)46)38(40,41)42/h9-11,15-17,19,22,28,31-32H,8,12-14,18,20-21H2,1-7H3,(H,43,48)/t31-,32?/m0/s1. The summed E-state index contributed by atoms with van der Waals surface area (Å²) in [4.78, 5) is 42.4. The van der Waals surface area contributed by atoms with Crippen LogP contribution in [0.3, 0.4) is 0 Å². The second-order valence-electron chi connectivity index (χ2n) is 13.5. The fraction of sp³-hybridized carbons (Fsp3) is 0.500. The molecule has 2 atom stereocenters. The first-order chi connectivity index (χ1) is 23.5. The van der Waals surface area contributed by atoms with Gasteiger partial charge in [0.25, 0.3) is 5.56 Å². The molecule has 1 fully saturated rings. The van der Waals surface area contributed by atoms with Gasteiger partial charge in [-0.2, -0.15) is 13.2 Å². The van der Waals surface area contributed by atoms with E-state index in [0.29, 0.717) is 36.8 Å². The maximum atomic E-state index is 16.0. The Morgan fingerprint density at radius 3 is 2.28 bits per heavy atom. The van der Waals surface area contributed by atoms with Crippen LogP contribution in [0.2, 0.25) is 0 Å². The van der Waals surface area contributed by atoms with Gasteiger partial charge < -0.3 is 19.4 Å². The predicted molar refractivity (Wildman–Crippen MR) is 183 cm³/mol. The first-order valence-corrected chi connectivity index (χ1v) is 16.9. The number of amides is 1. The first kappa shape index (κ1) is 38.8. The average Bonchev–Trinajstić information content (AvgIpc) is 3.00. The molecule has 50 heavy (non-hydrogen) atoms. The van der Waals surface area contributed by atoms with Gasteiger partial charge in [-0.15, -0.1) is 0 Å². The number of alkyl halides is 3. The van der Waals surface area contributed by atoms with E-state index < -0.39 is 53.5 Å². The number of halogens is 4. The molecule has 1 aliphatic rings. The molecule has 0 saturated carbocycles. The highest BCUT2D eigenvalue weighted by Crippen LogP contribution is 2.35. The lowest BCUT2D eigenvalue weighted by atomic mass is 9.90. The summed E-state index contributed by atoms with van der Waals surface area (Å²) in [5, 5.41) is 2.79. The number of hydrogen-bond acceptors (Lipinski definition) is 6. The van der Waals surface area contributed by atoms with Crippen molar-refractivity contribution in [3.8, 4) is 11.1 Å². The Labute approximate surface area is 290 Å².